The first-order valence-corrected chi connectivity index (χ1v) is 13.6. The highest BCUT2D eigenvalue weighted by Crippen LogP contribution is 2.71. The van der Waals surface area contributed by atoms with Crippen molar-refractivity contribution in [3.8, 4) is 0 Å². The van der Waals surface area contributed by atoms with Gasteiger partial charge >= 0.3 is 0 Å². The molecule has 7 nitrogen and oxygen atoms in total. The molecule has 36 heavy (non-hydrogen) atoms. The molecule has 7 heteroatoms. The van der Waals surface area contributed by atoms with E-state index < -0.39 is 29.0 Å². The summed E-state index contributed by atoms with van der Waals surface area (Å²) in [7, 11) is 3.92. The van der Waals surface area contributed by atoms with Crippen molar-refractivity contribution < 1.29 is 24.5 Å². The Morgan fingerprint density at radius 2 is 1.86 bits per heavy atom. The van der Waals surface area contributed by atoms with Crippen molar-refractivity contribution in [2.75, 3.05) is 14.1 Å². The van der Waals surface area contributed by atoms with E-state index in [-0.39, 0.29) is 23.3 Å². The van der Waals surface area contributed by atoms with Crippen molar-refractivity contribution in [1.82, 2.24) is 9.88 Å². The highest BCUT2D eigenvalue weighted by atomic mass is 16.6. The summed E-state index contributed by atoms with van der Waals surface area (Å²) in [6.07, 6.45) is 5.79. The first-order valence-electron chi connectivity index (χ1n) is 13.6. The molecular weight excluding hydrogens is 456 g/mol. The Morgan fingerprint density at radius 1 is 1.06 bits per heavy atom. The Balaban J connectivity index is 1.27. The minimum Gasteiger partial charge on any atom is -0.441 e. The summed E-state index contributed by atoms with van der Waals surface area (Å²) in [4.78, 5) is 6.47. The van der Waals surface area contributed by atoms with E-state index in [1.54, 1.807) is 0 Å². The Hall–Kier alpha value is -1.77. The zero-order valence-electron chi connectivity index (χ0n) is 21.7. The minimum absolute atomic E-state index is 0.124. The van der Waals surface area contributed by atoms with Crippen LogP contribution in [0.2, 0.25) is 0 Å². The van der Waals surface area contributed by atoms with Crippen molar-refractivity contribution in [1.29, 1.82) is 0 Å². The summed E-state index contributed by atoms with van der Waals surface area (Å²) in [6, 6.07) is 6.14. The fourth-order valence-electron chi connectivity index (χ4n) is 9.26. The average molecular weight is 495 g/mol. The lowest BCUT2D eigenvalue weighted by molar-refractivity contribution is -0.331. The Kier molecular flexibility index (Phi) is 4.67. The van der Waals surface area contributed by atoms with Crippen LogP contribution in [0.1, 0.15) is 63.3 Å². The van der Waals surface area contributed by atoms with Gasteiger partial charge in [-0.05, 0) is 87.7 Å². The lowest BCUT2D eigenvalue weighted by atomic mass is 9.51. The predicted octanol–water partition coefficient (Wildman–Crippen LogP) is 3.43. The van der Waals surface area contributed by atoms with Gasteiger partial charge in [-0.15, -0.1) is 0 Å². The summed E-state index contributed by atoms with van der Waals surface area (Å²) < 4.78 is 13.1. The third kappa shape index (κ3) is 2.73. The molecule has 194 valence electrons. The van der Waals surface area contributed by atoms with Crippen molar-refractivity contribution >= 4 is 16.7 Å². The van der Waals surface area contributed by atoms with Crippen LogP contribution in [0.4, 0.5) is 0 Å². The van der Waals surface area contributed by atoms with Crippen LogP contribution in [0.25, 0.3) is 16.7 Å². The van der Waals surface area contributed by atoms with Crippen molar-refractivity contribution in [2.24, 2.45) is 17.3 Å². The number of aromatic nitrogens is 1. The van der Waals surface area contributed by atoms with E-state index in [2.05, 4.69) is 30.1 Å². The quantitative estimate of drug-likeness (QED) is 0.588. The van der Waals surface area contributed by atoms with Gasteiger partial charge in [0, 0.05) is 24.8 Å². The van der Waals surface area contributed by atoms with Gasteiger partial charge in [0.05, 0.1) is 23.4 Å². The van der Waals surface area contributed by atoms with Gasteiger partial charge in [-0.1, -0.05) is 19.1 Å². The van der Waals surface area contributed by atoms with Gasteiger partial charge < -0.3 is 29.4 Å². The topological polar surface area (TPSA) is 99.2 Å². The molecule has 0 radical (unpaired) electrons. The molecular formula is C29H38N2O5. The predicted molar refractivity (Wildman–Crippen MR) is 135 cm³/mol. The van der Waals surface area contributed by atoms with Gasteiger partial charge in [0.1, 0.15) is 11.1 Å². The number of allylic oxidation sites excluding steroid dienone is 2. The molecule has 3 heterocycles. The smallest absolute Gasteiger partial charge is 0.192 e. The molecule has 9 atom stereocenters. The second kappa shape index (κ2) is 7.20. The first-order chi connectivity index (χ1) is 17.0. The summed E-state index contributed by atoms with van der Waals surface area (Å²) >= 11 is 0. The van der Waals surface area contributed by atoms with E-state index >= 15 is 0 Å². The van der Waals surface area contributed by atoms with Crippen LogP contribution < -0.4 is 0 Å². The molecule has 2 saturated carbocycles. The number of hydrogen-bond donors (Lipinski definition) is 3. The lowest BCUT2D eigenvalue weighted by Crippen LogP contribution is -2.73. The average Bonchev–Trinajstić information content (AvgIpc) is 3.49. The number of aryl methyl sites for hydroxylation is 1. The van der Waals surface area contributed by atoms with E-state index in [4.69, 9.17) is 9.15 Å². The van der Waals surface area contributed by atoms with Crippen molar-refractivity contribution in [3.05, 3.63) is 35.7 Å². The second-order valence-corrected chi connectivity index (χ2v) is 12.9. The van der Waals surface area contributed by atoms with Crippen molar-refractivity contribution in [3.63, 3.8) is 0 Å². The van der Waals surface area contributed by atoms with Gasteiger partial charge in [0.2, 0.25) is 0 Å². The molecule has 2 spiro atoms. The molecule has 4 fully saturated rings. The Morgan fingerprint density at radius 3 is 2.64 bits per heavy atom. The van der Waals surface area contributed by atoms with E-state index in [0.29, 0.717) is 25.2 Å². The van der Waals surface area contributed by atoms with E-state index in [1.807, 2.05) is 32.0 Å². The van der Waals surface area contributed by atoms with E-state index in [0.717, 1.165) is 42.3 Å². The number of nitrogens with zero attached hydrogens (tertiary/aromatic N) is 2. The number of likely N-dealkylation sites (N-methyl/N-ethyl adjacent to an activating group) is 1. The van der Waals surface area contributed by atoms with Crippen LogP contribution in [0.15, 0.2) is 28.7 Å². The van der Waals surface area contributed by atoms with E-state index in [1.165, 1.54) is 5.57 Å². The maximum Gasteiger partial charge on any atom is 0.192 e. The largest absolute Gasteiger partial charge is 0.441 e. The summed E-state index contributed by atoms with van der Waals surface area (Å²) in [6.45, 7) is 4.22. The second-order valence-electron chi connectivity index (χ2n) is 12.9. The van der Waals surface area contributed by atoms with Crippen molar-refractivity contribution in [2.45, 2.75) is 93.8 Å². The van der Waals surface area contributed by atoms with Crippen LogP contribution >= 0.6 is 0 Å². The summed E-state index contributed by atoms with van der Waals surface area (Å²) in [5.74, 6) is 0.582. The lowest BCUT2D eigenvalue weighted by Gasteiger charge is -2.65. The standard InChI is InChI=1S/C29H38N2O5/c1-16-30-20-7-5-17(13-22(20)35-16)18-6-8-23-26(18,2)9-11-28(34)14-19-24(32)25(33)21(31(3)4)15-27(19)10-12-29(23,28)36-27/h5-7,13,19,21,23-25,32-34H,8-12,14-15H2,1-4H3/t19?,21-,23?,24+,25+,26+,27+,28?,29-/m0/s1. The molecule has 2 aliphatic heterocycles. The number of aliphatic hydroxyl groups is 3. The third-order valence-electron chi connectivity index (χ3n) is 11.1. The number of oxazole rings is 1. The van der Waals surface area contributed by atoms with Crippen LogP contribution in [0, 0.1) is 24.2 Å². The zero-order chi connectivity index (χ0) is 25.3. The number of fused-ring (bicyclic) bond motifs is 2. The normalized spacial score (nSPS) is 47.6. The minimum atomic E-state index is -0.997. The molecule has 1 aromatic carbocycles. The van der Waals surface area contributed by atoms with Gasteiger partial charge in [0.25, 0.3) is 0 Å². The monoisotopic (exact) mass is 494 g/mol. The van der Waals surface area contributed by atoms with Gasteiger partial charge in [-0.3, -0.25) is 0 Å². The molecule has 5 aliphatic rings. The fourth-order valence-corrected chi connectivity index (χ4v) is 9.26. The Bertz CT molecular complexity index is 1270. The molecule has 3 N–H and O–H groups in total. The fraction of sp³-hybridized carbons (Fsp3) is 0.690. The molecule has 1 aromatic heterocycles. The maximum absolute atomic E-state index is 12.3. The molecule has 2 saturated heterocycles. The van der Waals surface area contributed by atoms with E-state index in [9.17, 15) is 15.3 Å². The van der Waals surface area contributed by atoms with Gasteiger partial charge in [-0.2, -0.15) is 0 Å². The molecule has 2 aromatic rings. The van der Waals surface area contributed by atoms with Crippen LogP contribution in [-0.4, -0.2) is 74.4 Å². The van der Waals surface area contributed by atoms with Crippen LogP contribution in [0.3, 0.4) is 0 Å². The highest BCUT2D eigenvalue weighted by Gasteiger charge is 2.76. The molecule has 2 bridgehead atoms. The molecule has 3 unspecified atom stereocenters. The zero-order valence-corrected chi connectivity index (χ0v) is 21.7. The number of aliphatic hydroxyl groups excluding tert-OH is 2. The number of rotatable bonds is 2. The third-order valence-corrected chi connectivity index (χ3v) is 11.1. The first kappa shape index (κ1) is 23.4. The Labute approximate surface area is 212 Å². The summed E-state index contributed by atoms with van der Waals surface area (Å²) in [5.41, 5.74) is 1.90. The van der Waals surface area contributed by atoms with Crippen LogP contribution in [0.5, 0.6) is 0 Å². The molecule has 3 aliphatic carbocycles. The van der Waals surface area contributed by atoms with Crippen LogP contribution in [-0.2, 0) is 4.74 Å². The molecule has 0 amide bonds. The maximum atomic E-state index is 12.3. The molecule has 7 rings (SSSR count). The van der Waals surface area contributed by atoms with Gasteiger partial charge in [0.15, 0.2) is 11.5 Å². The SMILES string of the molecule is Cc1nc2ccc(C3=CCC4[C@@]56CC[C@]7(C[C@H](N(C)C)[C@@H](O)[C@H](O)C7CC5(O)CC[C@]34C)O6)cc2o1. The highest BCUT2D eigenvalue weighted by molar-refractivity contribution is 5.82. The number of hydrogen-bond acceptors (Lipinski definition) is 7. The number of benzene rings is 1. The van der Waals surface area contributed by atoms with Gasteiger partial charge in [-0.25, -0.2) is 4.98 Å². The summed E-state index contributed by atoms with van der Waals surface area (Å²) in [5, 5.41) is 34.4. The number of ether oxygens (including phenoxy) is 1.